The number of rotatable bonds is 3. The molecule has 0 aliphatic heterocycles. The lowest BCUT2D eigenvalue weighted by atomic mass is 10.0. The fraction of sp³-hybridized carbons (Fsp3) is 0. The normalized spacial score (nSPS) is 11.4. The fourth-order valence-electron chi connectivity index (χ4n) is 3.70. The summed E-state index contributed by atoms with van der Waals surface area (Å²) in [6.07, 6.45) is 6.73. The number of hydrogen-bond donors (Lipinski definition) is 2. The van der Waals surface area contributed by atoms with Crippen molar-refractivity contribution >= 4 is 21.9 Å². The molecule has 0 aliphatic rings. The predicted octanol–water partition coefficient (Wildman–Crippen LogP) is 4.76. The van der Waals surface area contributed by atoms with E-state index in [1.165, 1.54) is 6.07 Å². The molecule has 0 aliphatic carbocycles. The molecule has 0 bridgehead atoms. The van der Waals surface area contributed by atoms with Gasteiger partial charge in [-0.3, -0.25) is 20.1 Å². The van der Waals surface area contributed by atoms with Crippen LogP contribution in [0.2, 0.25) is 0 Å². The summed E-state index contributed by atoms with van der Waals surface area (Å²) in [6, 6.07) is 14.3. The van der Waals surface area contributed by atoms with Gasteiger partial charge in [0, 0.05) is 47.4 Å². The smallest absolute Gasteiger partial charge is 0.159 e. The third-order valence-corrected chi connectivity index (χ3v) is 5.16. The average Bonchev–Trinajstić information content (AvgIpc) is 3.43. The second kappa shape index (κ2) is 6.81. The Morgan fingerprint density at radius 2 is 1.81 bits per heavy atom. The molecule has 0 radical (unpaired) electrons. The Balaban J connectivity index is 1.54. The van der Waals surface area contributed by atoms with Gasteiger partial charge in [0.1, 0.15) is 22.7 Å². The third-order valence-electron chi connectivity index (χ3n) is 5.16. The number of pyridine rings is 3. The molecule has 148 valence electrons. The van der Waals surface area contributed by atoms with E-state index in [1.54, 1.807) is 36.9 Å². The van der Waals surface area contributed by atoms with Crippen LogP contribution >= 0.6 is 0 Å². The predicted molar refractivity (Wildman–Crippen MR) is 115 cm³/mol. The molecule has 5 heterocycles. The zero-order valence-electron chi connectivity index (χ0n) is 16.0. The highest BCUT2D eigenvalue weighted by molar-refractivity contribution is 5.97. The molecule has 0 saturated carbocycles. The minimum atomic E-state index is -0.345. The molecule has 0 unspecified atom stereocenters. The first kappa shape index (κ1) is 17.4. The number of aromatic amines is 2. The van der Waals surface area contributed by atoms with Crippen LogP contribution < -0.4 is 0 Å². The first-order valence-corrected chi connectivity index (χ1v) is 9.62. The molecular formula is C23H14FN7. The quantitative estimate of drug-likeness (QED) is 0.441. The molecule has 0 spiro atoms. The standard InChI is InChI=1S/C23H14FN7/c24-16-11-19-15(10-14(16)13-4-3-7-25-12-13)20(31-30-19)23-28-18-6-9-27-21(22(18)29-23)17-5-1-2-8-26-17/h1-12H,(H,28,29)(H,30,31). The summed E-state index contributed by atoms with van der Waals surface area (Å²) in [5.74, 6) is 0.220. The van der Waals surface area contributed by atoms with Crippen LogP contribution in [0.5, 0.6) is 0 Å². The summed E-state index contributed by atoms with van der Waals surface area (Å²) in [5, 5.41) is 8.06. The van der Waals surface area contributed by atoms with Crippen molar-refractivity contribution in [3.63, 3.8) is 0 Å². The van der Waals surface area contributed by atoms with E-state index in [9.17, 15) is 4.39 Å². The van der Waals surface area contributed by atoms with Crippen molar-refractivity contribution in [2.45, 2.75) is 0 Å². The Morgan fingerprint density at radius 3 is 2.65 bits per heavy atom. The highest BCUT2D eigenvalue weighted by atomic mass is 19.1. The van der Waals surface area contributed by atoms with Crippen molar-refractivity contribution in [1.29, 1.82) is 0 Å². The maximum absolute atomic E-state index is 14.7. The highest BCUT2D eigenvalue weighted by Gasteiger charge is 2.18. The first-order chi connectivity index (χ1) is 15.3. The van der Waals surface area contributed by atoms with Crippen LogP contribution in [0.4, 0.5) is 4.39 Å². The summed E-state index contributed by atoms with van der Waals surface area (Å²) in [7, 11) is 0. The number of aromatic nitrogens is 7. The second-order valence-corrected chi connectivity index (χ2v) is 7.05. The molecule has 8 heteroatoms. The molecule has 0 saturated heterocycles. The largest absolute Gasteiger partial charge is 0.336 e. The minimum Gasteiger partial charge on any atom is -0.336 e. The fourth-order valence-corrected chi connectivity index (χ4v) is 3.70. The van der Waals surface area contributed by atoms with Gasteiger partial charge in [-0.2, -0.15) is 5.10 Å². The first-order valence-electron chi connectivity index (χ1n) is 9.62. The minimum absolute atomic E-state index is 0.345. The van der Waals surface area contributed by atoms with E-state index in [4.69, 9.17) is 4.98 Å². The Bertz CT molecular complexity index is 1540. The Morgan fingerprint density at radius 1 is 0.839 bits per heavy atom. The number of H-pyrrole nitrogens is 2. The number of imidazole rings is 1. The van der Waals surface area contributed by atoms with Gasteiger partial charge in [0.25, 0.3) is 0 Å². The lowest BCUT2D eigenvalue weighted by Gasteiger charge is -2.03. The van der Waals surface area contributed by atoms with Crippen LogP contribution in [-0.2, 0) is 0 Å². The van der Waals surface area contributed by atoms with Crippen molar-refractivity contribution in [3.8, 4) is 34.0 Å². The average molecular weight is 407 g/mol. The molecule has 2 N–H and O–H groups in total. The summed E-state index contributed by atoms with van der Waals surface area (Å²) >= 11 is 0. The van der Waals surface area contributed by atoms with Crippen molar-refractivity contribution in [1.82, 2.24) is 35.1 Å². The zero-order valence-corrected chi connectivity index (χ0v) is 16.0. The second-order valence-electron chi connectivity index (χ2n) is 7.05. The highest BCUT2D eigenvalue weighted by Crippen LogP contribution is 2.33. The number of fused-ring (bicyclic) bond motifs is 2. The summed E-state index contributed by atoms with van der Waals surface area (Å²) < 4.78 is 14.7. The molecule has 0 amide bonds. The molecule has 0 atom stereocenters. The number of hydrogen-bond acceptors (Lipinski definition) is 5. The van der Waals surface area contributed by atoms with E-state index in [-0.39, 0.29) is 5.82 Å². The van der Waals surface area contributed by atoms with Crippen LogP contribution in [0, 0.1) is 5.82 Å². The van der Waals surface area contributed by atoms with Gasteiger partial charge in [0.15, 0.2) is 5.82 Å². The summed E-state index contributed by atoms with van der Waals surface area (Å²) in [5.41, 5.74) is 5.27. The van der Waals surface area contributed by atoms with Crippen molar-refractivity contribution in [2.24, 2.45) is 0 Å². The van der Waals surface area contributed by atoms with Crippen LogP contribution in [-0.4, -0.2) is 35.1 Å². The number of nitrogens with zero attached hydrogens (tertiary/aromatic N) is 5. The van der Waals surface area contributed by atoms with E-state index in [0.29, 0.717) is 39.4 Å². The van der Waals surface area contributed by atoms with E-state index in [2.05, 4.69) is 30.1 Å². The maximum atomic E-state index is 14.7. The van der Waals surface area contributed by atoms with Gasteiger partial charge in [-0.15, -0.1) is 0 Å². The van der Waals surface area contributed by atoms with Gasteiger partial charge in [-0.1, -0.05) is 12.1 Å². The number of nitrogens with one attached hydrogen (secondary N) is 2. The van der Waals surface area contributed by atoms with E-state index < -0.39 is 0 Å². The van der Waals surface area contributed by atoms with Crippen molar-refractivity contribution in [3.05, 3.63) is 79.1 Å². The Kier molecular flexibility index (Phi) is 3.82. The Labute approximate surface area is 175 Å². The van der Waals surface area contributed by atoms with Gasteiger partial charge in [-0.25, -0.2) is 9.37 Å². The topological polar surface area (TPSA) is 96.0 Å². The lowest BCUT2D eigenvalue weighted by molar-refractivity contribution is 0.632. The lowest BCUT2D eigenvalue weighted by Crippen LogP contribution is -1.88. The molecule has 6 rings (SSSR count). The van der Waals surface area contributed by atoms with Crippen molar-refractivity contribution in [2.75, 3.05) is 0 Å². The van der Waals surface area contributed by atoms with Gasteiger partial charge >= 0.3 is 0 Å². The van der Waals surface area contributed by atoms with Gasteiger partial charge in [0.05, 0.1) is 16.7 Å². The zero-order chi connectivity index (χ0) is 20.8. The van der Waals surface area contributed by atoms with Crippen LogP contribution in [0.3, 0.4) is 0 Å². The molecule has 0 fully saturated rings. The van der Waals surface area contributed by atoms with E-state index in [1.807, 2.05) is 30.3 Å². The maximum Gasteiger partial charge on any atom is 0.159 e. The Hall–Kier alpha value is -4.46. The van der Waals surface area contributed by atoms with E-state index in [0.717, 1.165) is 16.6 Å². The third kappa shape index (κ3) is 2.84. The van der Waals surface area contributed by atoms with Gasteiger partial charge in [0.2, 0.25) is 0 Å². The summed E-state index contributed by atoms with van der Waals surface area (Å²) in [4.78, 5) is 21.0. The van der Waals surface area contributed by atoms with Crippen molar-refractivity contribution < 1.29 is 4.39 Å². The monoisotopic (exact) mass is 407 g/mol. The van der Waals surface area contributed by atoms with Crippen LogP contribution in [0.15, 0.2) is 73.3 Å². The molecule has 6 aromatic rings. The molecule has 7 nitrogen and oxygen atoms in total. The van der Waals surface area contributed by atoms with Crippen LogP contribution in [0.25, 0.3) is 56.0 Å². The molecular weight excluding hydrogens is 393 g/mol. The van der Waals surface area contributed by atoms with Gasteiger partial charge < -0.3 is 4.98 Å². The number of benzene rings is 1. The van der Waals surface area contributed by atoms with Gasteiger partial charge in [-0.05, 0) is 30.3 Å². The number of halogens is 1. The van der Waals surface area contributed by atoms with E-state index >= 15 is 0 Å². The molecule has 31 heavy (non-hydrogen) atoms. The molecule has 5 aromatic heterocycles. The SMILES string of the molecule is Fc1cc2[nH]nc(-c3nc4c(-c5ccccn5)nccc4[nH]3)c2cc1-c1cccnc1. The van der Waals surface area contributed by atoms with Crippen LogP contribution in [0.1, 0.15) is 0 Å². The molecule has 1 aromatic carbocycles. The summed E-state index contributed by atoms with van der Waals surface area (Å²) in [6.45, 7) is 0.